The number of ether oxygens (including phenoxy) is 3. The third-order valence-corrected chi connectivity index (χ3v) is 5.31. The second kappa shape index (κ2) is 6.74. The van der Waals surface area contributed by atoms with Crippen LogP contribution in [0.1, 0.15) is 0 Å². The summed E-state index contributed by atoms with van der Waals surface area (Å²) in [6.45, 7) is 1.83. The van der Waals surface area contributed by atoms with Crippen LogP contribution in [0, 0.1) is 0 Å². The number of phenols is 1. The molecule has 0 saturated carbocycles. The Morgan fingerprint density at radius 1 is 1.17 bits per heavy atom. The van der Waals surface area contributed by atoms with E-state index in [0.29, 0.717) is 53.6 Å². The van der Waals surface area contributed by atoms with E-state index in [1.165, 1.54) is 12.4 Å². The third-order valence-electron chi connectivity index (χ3n) is 5.31. The van der Waals surface area contributed by atoms with Gasteiger partial charge in [0.25, 0.3) is 0 Å². The van der Waals surface area contributed by atoms with Gasteiger partial charge in [-0.05, 0) is 25.2 Å². The minimum atomic E-state index is -0.486. The van der Waals surface area contributed by atoms with Crippen molar-refractivity contribution in [3.63, 3.8) is 0 Å². The van der Waals surface area contributed by atoms with E-state index in [1.54, 1.807) is 42.3 Å². The molecule has 0 radical (unpaired) electrons. The van der Waals surface area contributed by atoms with Gasteiger partial charge >= 0.3 is 6.09 Å². The first-order chi connectivity index (χ1) is 14.5. The van der Waals surface area contributed by atoms with E-state index < -0.39 is 11.7 Å². The zero-order valence-corrected chi connectivity index (χ0v) is 16.5. The minimum Gasteiger partial charge on any atom is -0.508 e. The summed E-state index contributed by atoms with van der Waals surface area (Å²) in [6, 6.07) is 9.96. The van der Waals surface area contributed by atoms with Gasteiger partial charge in [0, 0.05) is 25.2 Å². The number of anilines is 1. The molecular formula is C21H20N4O5. The van der Waals surface area contributed by atoms with Crippen LogP contribution >= 0.6 is 0 Å². The van der Waals surface area contributed by atoms with Crippen molar-refractivity contribution in [2.24, 2.45) is 0 Å². The summed E-state index contributed by atoms with van der Waals surface area (Å²) in [6.07, 6.45) is 0.983. The van der Waals surface area contributed by atoms with Crippen LogP contribution in [0.4, 0.5) is 10.5 Å². The van der Waals surface area contributed by atoms with Crippen molar-refractivity contribution >= 4 is 22.7 Å². The highest BCUT2D eigenvalue weighted by molar-refractivity contribution is 5.97. The second-order valence-electron chi connectivity index (χ2n) is 7.63. The molecule has 2 saturated heterocycles. The van der Waals surface area contributed by atoms with E-state index in [2.05, 4.69) is 14.9 Å². The molecule has 0 aliphatic carbocycles. The number of carbonyl (C=O) groups excluding carboxylic acids is 1. The molecule has 2 fully saturated rings. The van der Waals surface area contributed by atoms with Gasteiger partial charge < -0.3 is 19.3 Å². The fourth-order valence-corrected chi connectivity index (χ4v) is 4.07. The number of benzene rings is 2. The lowest BCUT2D eigenvalue weighted by Gasteiger charge is -2.43. The zero-order valence-electron chi connectivity index (χ0n) is 16.5. The first kappa shape index (κ1) is 18.4. The molecule has 1 aromatic heterocycles. The molecule has 0 unspecified atom stereocenters. The van der Waals surface area contributed by atoms with E-state index in [9.17, 15) is 9.90 Å². The number of phenolic OH excluding ortho intramolecular Hbond substituents is 1. The quantitative estimate of drug-likeness (QED) is 0.704. The van der Waals surface area contributed by atoms with Crippen LogP contribution in [-0.4, -0.2) is 65.5 Å². The lowest BCUT2D eigenvalue weighted by Crippen LogP contribution is -2.62. The van der Waals surface area contributed by atoms with Crippen molar-refractivity contribution in [2.75, 3.05) is 38.7 Å². The molecule has 1 N–H and O–H groups in total. The maximum absolute atomic E-state index is 12.6. The molecule has 9 nitrogen and oxygen atoms in total. The Bertz CT molecular complexity index is 1150. The number of likely N-dealkylation sites (N-methyl/N-ethyl adjacent to an activating group) is 1. The maximum Gasteiger partial charge on any atom is 0.415 e. The van der Waals surface area contributed by atoms with Gasteiger partial charge in [0.05, 0.1) is 30.2 Å². The van der Waals surface area contributed by atoms with Gasteiger partial charge in [0.2, 0.25) is 5.88 Å². The molecule has 2 aliphatic rings. The van der Waals surface area contributed by atoms with Crippen molar-refractivity contribution in [1.82, 2.24) is 14.9 Å². The smallest absolute Gasteiger partial charge is 0.415 e. The molecule has 1 spiro atoms. The highest BCUT2D eigenvalue weighted by atomic mass is 16.6. The fourth-order valence-electron chi connectivity index (χ4n) is 4.07. The molecule has 0 atom stereocenters. The monoisotopic (exact) mass is 408 g/mol. The van der Waals surface area contributed by atoms with Crippen LogP contribution in [-0.2, 0) is 4.74 Å². The van der Waals surface area contributed by atoms with Crippen LogP contribution in [0.3, 0.4) is 0 Å². The highest BCUT2D eigenvalue weighted by Gasteiger charge is 2.53. The van der Waals surface area contributed by atoms with E-state index in [-0.39, 0.29) is 5.75 Å². The van der Waals surface area contributed by atoms with Crippen molar-refractivity contribution < 1.29 is 24.1 Å². The van der Waals surface area contributed by atoms with E-state index in [4.69, 9.17) is 14.2 Å². The summed E-state index contributed by atoms with van der Waals surface area (Å²) >= 11 is 0. The van der Waals surface area contributed by atoms with Gasteiger partial charge in [0.1, 0.15) is 23.6 Å². The Morgan fingerprint density at radius 3 is 2.73 bits per heavy atom. The summed E-state index contributed by atoms with van der Waals surface area (Å²) in [5, 5.41) is 10.3. The van der Waals surface area contributed by atoms with Gasteiger partial charge in [0.15, 0.2) is 5.60 Å². The number of rotatable bonds is 4. The average molecular weight is 408 g/mol. The summed E-state index contributed by atoms with van der Waals surface area (Å²) in [5.41, 5.74) is 0.684. The van der Waals surface area contributed by atoms with Crippen molar-refractivity contribution in [2.45, 2.75) is 5.60 Å². The zero-order chi connectivity index (χ0) is 20.9. The van der Waals surface area contributed by atoms with Crippen LogP contribution < -0.4 is 14.4 Å². The molecule has 2 aliphatic heterocycles. The van der Waals surface area contributed by atoms with Crippen LogP contribution in [0.5, 0.6) is 23.1 Å². The lowest BCUT2D eigenvalue weighted by atomic mass is 9.95. The molecule has 2 aromatic carbocycles. The van der Waals surface area contributed by atoms with Gasteiger partial charge in [-0.1, -0.05) is 6.07 Å². The Labute approximate surface area is 172 Å². The second-order valence-corrected chi connectivity index (χ2v) is 7.63. The maximum atomic E-state index is 12.6. The molecular weight excluding hydrogens is 388 g/mol. The molecule has 0 bridgehead atoms. The van der Waals surface area contributed by atoms with Crippen LogP contribution in [0.25, 0.3) is 10.9 Å². The molecule has 3 aromatic rings. The number of nitrogens with zero attached hydrogens (tertiary/aromatic N) is 4. The van der Waals surface area contributed by atoms with Gasteiger partial charge in [-0.25, -0.2) is 14.8 Å². The van der Waals surface area contributed by atoms with E-state index in [1.807, 2.05) is 7.05 Å². The number of aromatic hydroxyl groups is 1. The average Bonchev–Trinajstić information content (AvgIpc) is 3.04. The largest absolute Gasteiger partial charge is 0.508 e. The topological polar surface area (TPSA) is 97.2 Å². The Kier molecular flexibility index (Phi) is 4.14. The fraction of sp³-hybridized carbons (Fsp3) is 0.286. The SMILES string of the molecule is COc1cc2ncnc(Oc3cccc(O)c3)c2cc1N1CC2(CN(C)C2)OC1=O. The van der Waals surface area contributed by atoms with Crippen molar-refractivity contribution in [3.8, 4) is 23.1 Å². The normalized spacial score (nSPS) is 17.8. The Morgan fingerprint density at radius 2 is 2.00 bits per heavy atom. The lowest BCUT2D eigenvalue weighted by molar-refractivity contribution is -0.0599. The van der Waals surface area contributed by atoms with Gasteiger partial charge in [-0.3, -0.25) is 9.80 Å². The predicted octanol–water partition coefficient (Wildman–Crippen LogP) is 2.78. The molecule has 5 rings (SSSR count). The number of likely N-dealkylation sites (tertiary alicyclic amines) is 1. The van der Waals surface area contributed by atoms with Gasteiger partial charge in [-0.2, -0.15) is 0 Å². The third kappa shape index (κ3) is 3.03. The summed E-state index contributed by atoms with van der Waals surface area (Å²) in [5.74, 6) is 1.33. The summed E-state index contributed by atoms with van der Waals surface area (Å²) in [7, 11) is 3.53. The first-order valence-electron chi connectivity index (χ1n) is 9.45. The minimum absolute atomic E-state index is 0.0868. The Balaban J connectivity index is 1.56. The molecule has 30 heavy (non-hydrogen) atoms. The number of carbonyl (C=O) groups is 1. The van der Waals surface area contributed by atoms with Crippen LogP contribution in [0.2, 0.25) is 0 Å². The number of hydrogen-bond acceptors (Lipinski definition) is 8. The number of amides is 1. The molecule has 3 heterocycles. The first-order valence-corrected chi connectivity index (χ1v) is 9.45. The number of aromatic nitrogens is 2. The Hall–Kier alpha value is -3.59. The van der Waals surface area contributed by atoms with Crippen molar-refractivity contribution in [3.05, 3.63) is 42.7 Å². The van der Waals surface area contributed by atoms with Crippen molar-refractivity contribution in [1.29, 1.82) is 0 Å². The molecule has 154 valence electrons. The standard InChI is InChI=1S/C21H20N4O5/c1-24-9-21(10-24)11-25(20(27)30-21)17-7-15-16(8-18(17)28-2)22-12-23-19(15)29-14-5-3-4-13(26)6-14/h3-8,12,26H,9-11H2,1-2H3. The van der Waals surface area contributed by atoms with Gasteiger partial charge in [-0.15, -0.1) is 0 Å². The molecule has 9 heteroatoms. The summed E-state index contributed by atoms with van der Waals surface area (Å²) in [4.78, 5) is 24.9. The predicted molar refractivity (Wildman–Crippen MR) is 108 cm³/mol. The molecule has 1 amide bonds. The highest BCUT2D eigenvalue weighted by Crippen LogP contribution is 2.41. The van der Waals surface area contributed by atoms with E-state index in [0.717, 1.165) is 0 Å². The summed E-state index contributed by atoms with van der Waals surface area (Å²) < 4.78 is 17.1. The number of methoxy groups -OCH3 is 1. The number of fused-ring (bicyclic) bond motifs is 1. The van der Waals surface area contributed by atoms with E-state index >= 15 is 0 Å². The number of hydrogen-bond donors (Lipinski definition) is 1. The van der Waals surface area contributed by atoms with Crippen LogP contribution in [0.15, 0.2) is 42.7 Å².